The molecule has 2 heterocycles. The molecule has 3 rings (SSSR count). The van der Waals surface area contributed by atoms with Crippen molar-refractivity contribution in [3.05, 3.63) is 58.6 Å². The summed E-state index contributed by atoms with van der Waals surface area (Å²) in [6, 6.07) is 9.75. The van der Waals surface area contributed by atoms with Gasteiger partial charge in [-0.1, -0.05) is 34.1 Å². The monoisotopic (exact) mass is 493 g/mol. The molecule has 4 atom stereocenters. The largest absolute Gasteiger partial charge is 0.463 e. The molecule has 0 bridgehead atoms. The number of anilines is 1. The molecule has 0 spiro atoms. The Balaban J connectivity index is 2.04. The van der Waals surface area contributed by atoms with Crippen LogP contribution in [0.3, 0.4) is 0 Å². The number of nitrogens with one attached hydrogen (secondary N) is 1. The zero-order valence-electron chi connectivity index (χ0n) is 16.7. The molecule has 11 heteroatoms. The molecule has 0 aliphatic carbocycles. The van der Waals surface area contributed by atoms with E-state index in [1.807, 2.05) is 0 Å². The third-order valence-electron chi connectivity index (χ3n) is 4.41. The summed E-state index contributed by atoms with van der Waals surface area (Å²) in [5.74, 6) is -1.62. The first-order valence-corrected chi connectivity index (χ1v) is 10.2. The predicted molar refractivity (Wildman–Crippen MR) is 112 cm³/mol. The standard InChI is InChI=1S/C20H20BrN3O7/c1-11(25)29-10-14-16(21)17(30-12(2)26)19(31-14)24(15-8-9-22-20(28)23-15)18(27)13-6-4-3-5-7-13/h3-9,14,16-17,19H,10H2,1-2H3,(H,22,23,28)/t14-,16+,17-,19-/m1/s1. The topological polar surface area (TPSA) is 128 Å². The number of carbonyl (C=O) groups excluding carboxylic acids is 3. The molecular weight excluding hydrogens is 474 g/mol. The molecule has 31 heavy (non-hydrogen) atoms. The second kappa shape index (κ2) is 9.84. The van der Waals surface area contributed by atoms with E-state index in [4.69, 9.17) is 14.2 Å². The molecule has 0 unspecified atom stereocenters. The summed E-state index contributed by atoms with van der Waals surface area (Å²) in [6.07, 6.45) is -1.50. The van der Waals surface area contributed by atoms with Crippen molar-refractivity contribution in [1.82, 2.24) is 9.97 Å². The van der Waals surface area contributed by atoms with Gasteiger partial charge in [0.15, 0.2) is 12.3 Å². The predicted octanol–water partition coefficient (Wildman–Crippen LogP) is 1.40. The SMILES string of the molecule is CC(=O)OC[C@H]1O[C@@H](N(C(=O)c2ccccc2)c2cc[nH]c(=O)n2)[C@H](OC(C)=O)[C@H]1Br. The first kappa shape index (κ1) is 22.6. The number of H-pyrrole nitrogens is 1. The maximum absolute atomic E-state index is 13.4. The third kappa shape index (κ3) is 5.36. The fraction of sp³-hybridized carbons (Fsp3) is 0.350. The van der Waals surface area contributed by atoms with Gasteiger partial charge in [0.2, 0.25) is 0 Å². The summed E-state index contributed by atoms with van der Waals surface area (Å²) in [4.78, 5) is 55.1. The fourth-order valence-electron chi connectivity index (χ4n) is 3.12. The number of aromatic nitrogens is 2. The first-order chi connectivity index (χ1) is 14.8. The van der Waals surface area contributed by atoms with Crippen LogP contribution in [0.1, 0.15) is 24.2 Å². The maximum Gasteiger partial charge on any atom is 0.346 e. The van der Waals surface area contributed by atoms with Gasteiger partial charge in [0.1, 0.15) is 18.5 Å². The summed E-state index contributed by atoms with van der Waals surface area (Å²) in [5.41, 5.74) is -0.360. The van der Waals surface area contributed by atoms with Gasteiger partial charge in [-0.3, -0.25) is 19.3 Å². The summed E-state index contributed by atoms with van der Waals surface area (Å²) in [7, 11) is 0. The molecular formula is C20H20BrN3O7. The number of benzene rings is 1. The van der Waals surface area contributed by atoms with Crippen LogP contribution in [0.25, 0.3) is 0 Å². The van der Waals surface area contributed by atoms with E-state index in [9.17, 15) is 19.2 Å². The van der Waals surface area contributed by atoms with Crippen LogP contribution in [-0.4, -0.2) is 57.7 Å². The normalized spacial score (nSPS) is 22.5. The Morgan fingerprint density at radius 3 is 2.48 bits per heavy atom. The van der Waals surface area contributed by atoms with E-state index in [1.54, 1.807) is 30.3 Å². The van der Waals surface area contributed by atoms with Crippen molar-refractivity contribution in [2.45, 2.75) is 37.1 Å². The minimum absolute atomic E-state index is 0.00703. The number of halogens is 1. The van der Waals surface area contributed by atoms with Crippen molar-refractivity contribution in [1.29, 1.82) is 0 Å². The van der Waals surface area contributed by atoms with E-state index < -0.39 is 46.8 Å². The van der Waals surface area contributed by atoms with Crippen molar-refractivity contribution in [2.75, 3.05) is 11.5 Å². The van der Waals surface area contributed by atoms with E-state index >= 15 is 0 Å². The number of esters is 2. The molecule has 1 aromatic heterocycles. The van der Waals surface area contributed by atoms with Gasteiger partial charge in [-0.2, -0.15) is 4.98 Å². The highest BCUT2D eigenvalue weighted by atomic mass is 79.9. The molecule has 0 saturated carbocycles. The van der Waals surface area contributed by atoms with Gasteiger partial charge < -0.3 is 19.2 Å². The van der Waals surface area contributed by atoms with Crippen LogP contribution in [0.2, 0.25) is 0 Å². The van der Waals surface area contributed by atoms with Gasteiger partial charge in [0.05, 0.1) is 4.83 Å². The lowest BCUT2D eigenvalue weighted by Crippen LogP contribution is -2.49. The Labute approximate surface area is 185 Å². The highest BCUT2D eigenvalue weighted by Crippen LogP contribution is 2.34. The minimum Gasteiger partial charge on any atom is -0.463 e. The number of ether oxygens (including phenoxy) is 3. The van der Waals surface area contributed by atoms with Crippen LogP contribution in [0.5, 0.6) is 0 Å². The number of hydrogen-bond acceptors (Lipinski definition) is 8. The second-order valence-electron chi connectivity index (χ2n) is 6.68. The van der Waals surface area contributed by atoms with Crippen LogP contribution in [0, 0.1) is 0 Å². The number of amides is 1. The van der Waals surface area contributed by atoms with Crippen molar-refractivity contribution >= 4 is 39.6 Å². The number of rotatable bonds is 6. The third-order valence-corrected chi connectivity index (χ3v) is 5.52. The summed E-state index contributed by atoms with van der Waals surface area (Å²) in [6.45, 7) is 2.35. The molecule has 2 aromatic rings. The van der Waals surface area contributed by atoms with Crippen molar-refractivity contribution in [3.63, 3.8) is 0 Å². The smallest absolute Gasteiger partial charge is 0.346 e. The molecule has 10 nitrogen and oxygen atoms in total. The average molecular weight is 494 g/mol. The van der Waals surface area contributed by atoms with Crippen LogP contribution < -0.4 is 10.6 Å². The molecule has 1 aliphatic rings. The van der Waals surface area contributed by atoms with Gasteiger partial charge in [-0.15, -0.1) is 0 Å². The number of carbonyl (C=O) groups is 3. The molecule has 1 amide bonds. The maximum atomic E-state index is 13.4. The highest BCUT2D eigenvalue weighted by Gasteiger charge is 2.50. The summed E-state index contributed by atoms with van der Waals surface area (Å²) < 4.78 is 16.5. The van der Waals surface area contributed by atoms with Crippen LogP contribution in [-0.2, 0) is 23.8 Å². The molecule has 0 radical (unpaired) electrons. The van der Waals surface area contributed by atoms with Gasteiger partial charge in [0.25, 0.3) is 5.91 Å². The average Bonchev–Trinajstić information content (AvgIpc) is 3.02. The number of hydrogen-bond donors (Lipinski definition) is 1. The quantitative estimate of drug-likeness (QED) is 0.472. The Kier molecular flexibility index (Phi) is 7.18. The first-order valence-electron chi connectivity index (χ1n) is 9.32. The van der Waals surface area contributed by atoms with E-state index in [0.717, 1.165) is 4.90 Å². The number of aromatic amines is 1. The number of alkyl halides is 1. The summed E-state index contributed by atoms with van der Waals surface area (Å²) >= 11 is 3.43. The Hall–Kier alpha value is -3.05. The number of nitrogens with zero attached hydrogens (tertiary/aromatic N) is 2. The molecule has 1 aliphatic heterocycles. The van der Waals surface area contributed by atoms with Crippen molar-refractivity contribution < 1.29 is 28.6 Å². The highest BCUT2D eigenvalue weighted by molar-refractivity contribution is 9.09. The van der Waals surface area contributed by atoms with E-state index in [1.165, 1.54) is 26.1 Å². The zero-order chi connectivity index (χ0) is 22.5. The molecule has 1 N–H and O–H groups in total. The molecule has 1 fully saturated rings. The summed E-state index contributed by atoms with van der Waals surface area (Å²) in [5, 5.41) is 0. The van der Waals surface area contributed by atoms with Crippen LogP contribution in [0.15, 0.2) is 47.4 Å². The van der Waals surface area contributed by atoms with E-state index in [-0.39, 0.29) is 12.4 Å². The lowest BCUT2D eigenvalue weighted by Gasteiger charge is -2.31. The Morgan fingerprint density at radius 1 is 1.16 bits per heavy atom. The molecule has 164 valence electrons. The van der Waals surface area contributed by atoms with Crippen LogP contribution >= 0.6 is 15.9 Å². The zero-order valence-corrected chi connectivity index (χ0v) is 18.3. The van der Waals surface area contributed by atoms with Gasteiger partial charge >= 0.3 is 17.6 Å². The molecule has 1 saturated heterocycles. The van der Waals surface area contributed by atoms with Gasteiger partial charge in [-0.25, -0.2) is 4.79 Å². The minimum atomic E-state index is -1.14. The Morgan fingerprint density at radius 2 is 1.87 bits per heavy atom. The van der Waals surface area contributed by atoms with Gasteiger partial charge in [0, 0.05) is 25.6 Å². The van der Waals surface area contributed by atoms with Crippen LogP contribution in [0.4, 0.5) is 5.82 Å². The lowest BCUT2D eigenvalue weighted by atomic mass is 10.1. The van der Waals surface area contributed by atoms with E-state index in [2.05, 4.69) is 25.9 Å². The second-order valence-corrected chi connectivity index (χ2v) is 7.74. The molecule has 1 aromatic carbocycles. The van der Waals surface area contributed by atoms with E-state index in [0.29, 0.717) is 5.56 Å². The van der Waals surface area contributed by atoms with Crippen molar-refractivity contribution in [3.8, 4) is 0 Å². The lowest BCUT2D eigenvalue weighted by molar-refractivity contribution is -0.148. The Bertz CT molecular complexity index is 1010. The van der Waals surface area contributed by atoms with Crippen molar-refractivity contribution in [2.24, 2.45) is 0 Å². The fourth-order valence-corrected chi connectivity index (χ4v) is 3.77. The van der Waals surface area contributed by atoms with Gasteiger partial charge in [-0.05, 0) is 18.2 Å².